The van der Waals surface area contributed by atoms with Crippen LogP contribution in [0.2, 0.25) is 0 Å². The highest BCUT2D eigenvalue weighted by Crippen LogP contribution is 2.33. The third kappa shape index (κ3) is 2.75. The lowest BCUT2D eigenvalue weighted by molar-refractivity contribution is -0.00000350. The molecular weight excluding hydrogens is 333 g/mol. The van der Waals surface area contributed by atoms with Gasteiger partial charge in [-0.15, -0.1) is 0 Å². The minimum atomic E-state index is 0. The SMILES string of the molecule is CC[N+](CC)(c1ccccc1)c1ccccc1.[I-]. The summed E-state index contributed by atoms with van der Waals surface area (Å²) in [5, 5.41) is 0. The van der Waals surface area contributed by atoms with Gasteiger partial charge in [0.15, 0.2) is 0 Å². The van der Waals surface area contributed by atoms with E-state index in [1.165, 1.54) is 11.4 Å². The summed E-state index contributed by atoms with van der Waals surface area (Å²) in [6, 6.07) is 21.5. The Morgan fingerprint density at radius 3 is 1.28 bits per heavy atom. The maximum atomic E-state index is 2.25. The third-order valence-corrected chi connectivity index (χ3v) is 3.58. The maximum Gasteiger partial charge on any atom is 0.137 e. The lowest BCUT2D eigenvalue weighted by Gasteiger charge is -2.35. The molecule has 0 heterocycles. The second-order valence-electron chi connectivity index (χ2n) is 4.27. The van der Waals surface area contributed by atoms with Crippen LogP contribution in [0.3, 0.4) is 0 Å². The Bertz CT molecular complexity index is 408. The Morgan fingerprint density at radius 1 is 0.667 bits per heavy atom. The summed E-state index contributed by atoms with van der Waals surface area (Å²) in [5.41, 5.74) is 2.73. The first kappa shape index (κ1) is 15.2. The summed E-state index contributed by atoms with van der Waals surface area (Å²) in [6.07, 6.45) is 0. The zero-order valence-electron chi connectivity index (χ0n) is 11.0. The minimum Gasteiger partial charge on any atom is -1.00 e. The molecule has 0 N–H and O–H groups in total. The fourth-order valence-corrected chi connectivity index (χ4v) is 2.53. The highest BCUT2D eigenvalue weighted by atomic mass is 127. The Labute approximate surface area is 127 Å². The molecule has 0 aliphatic carbocycles. The Balaban J connectivity index is 0.00000162. The van der Waals surface area contributed by atoms with Crippen LogP contribution >= 0.6 is 0 Å². The van der Waals surface area contributed by atoms with E-state index in [0.717, 1.165) is 17.6 Å². The predicted octanol–water partition coefficient (Wildman–Crippen LogP) is 1.37. The molecule has 0 aromatic heterocycles. The molecule has 0 saturated carbocycles. The van der Waals surface area contributed by atoms with Gasteiger partial charge in [-0.2, -0.15) is 0 Å². The van der Waals surface area contributed by atoms with Crippen molar-refractivity contribution < 1.29 is 24.0 Å². The van der Waals surface area contributed by atoms with Gasteiger partial charge in [0, 0.05) is 0 Å². The van der Waals surface area contributed by atoms with E-state index in [-0.39, 0.29) is 24.0 Å². The summed E-state index contributed by atoms with van der Waals surface area (Å²) in [7, 11) is 0. The molecule has 0 spiro atoms. The number of quaternary nitrogens is 1. The first-order valence-electron chi connectivity index (χ1n) is 6.32. The Hall–Kier alpha value is -0.870. The van der Waals surface area contributed by atoms with Gasteiger partial charge in [0.05, 0.1) is 13.1 Å². The van der Waals surface area contributed by atoms with E-state index in [1.54, 1.807) is 0 Å². The van der Waals surface area contributed by atoms with Gasteiger partial charge < -0.3 is 24.0 Å². The smallest absolute Gasteiger partial charge is 0.137 e. The van der Waals surface area contributed by atoms with Gasteiger partial charge in [-0.3, -0.25) is 4.48 Å². The highest BCUT2D eigenvalue weighted by molar-refractivity contribution is 5.57. The molecule has 0 radical (unpaired) electrons. The molecule has 0 amide bonds. The molecule has 0 bridgehead atoms. The van der Waals surface area contributed by atoms with Crippen LogP contribution in [0.1, 0.15) is 13.8 Å². The van der Waals surface area contributed by atoms with Crippen LogP contribution in [0, 0.1) is 0 Å². The number of nitrogens with zero attached hydrogens (tertiary/aromatic N) is 1. The van der Waals surface area contributed by atoms with Crippen LogP contribution < -0.4 is 28.5 Å². The third-order valence-electron chi connectivity index (χ3n) is 3.58. The van der Waals surface area contributed by atoms with Crippen molar-refractivity contribution in [2.24, 2.45) is 0 Å². The van der Waals surface area contributed by atoms with Crippen molar-refractivity contribution >= 4 is 11.4 Å². The van der Waals surface area contributed by atoms with Crippen LogP contribution in [0.5, 0.6) is 0 Å². The molecule has 0 aliphatic heterocycles. The van der Waals surface area contributed by atoms with Crippen molar-refractivity contribution in [1.82, 2.24) is 4.48 Å². The Kier molecular flexibility index (Phi) is 5.82. The van der Waals surface area contributed by atoms with Crippen LogP contribution in [0.4, 0.5) is 11.4 Å². The first-order valence-corrected chi connectivity index (χ1v) is 6.32. The number of hydrogen-bond donors (Lipinski definition) is 0. The molecule has 2 aromatic carbocycles. The second kappa shape index (κ2) is 6.90. The normalized spacial score (nSPS) is 10.8. The molecule has 0 atom stereocenters. The molecule has 18 heavy (non-hydrogen) atoms. The monoisotopic (exact) mass is 353 g/mol. The van der Waals surface area contributed by atoms with Crippen LogP contribution in [-0.4, -0.2) is 13.1 Å². The minimum absolute atomic E-state index is 0. The summed E-state index contributed by atoms with van der Waals surface area (Å²) in [6.45, 7) is 6.65. The molecule has 0 fully saturated rings. The molecule has 0 unspecified atom stereocenters. The molecule has 96 valence electrons. The Morgan fingerprint density at radius 2 is 1.00 bits per heavy atom. The van der Waals surface area contributed by atoms with Gasteiger partial charge in [0.25, 0.3) is 0 Å². The van der Waals surface area contributed by atoms with Crippen molar-refractivity contribution in [3.05, 3.63) is 60.7 Å². The van der Waals surface area contributed by atoms with Crippen molar-refractivity contribution in [2.45, 2.75) is 13.8 Å². The summed E-state index contributed by atoms with van der Waals surface area (Å²) >= 11 is 0. The van der Waals surface area contributed by atoms with E-state index in [9.17, 15) is 0 Å². The molecular formula is C16H20IN. The van der Waals surface area contributed by atoms with Crippen LogP contribution in [-0.2, 0) is 0 Å². The number of rotatable bonds is 4. The van der Waals surface area contributed by atoms with Gasteiger partial charge in [0.1, 0.15) is 11.4 Å². The van der Waals surface area contributed by atoms with Crippen LogP contribution in [0.15, 0.2) is 60.7 Å². The standard InChI is InChI=1S/C16H20N.HI/c1-3-17(4-2,15-11-7-5-8-12-15)16-13-9-6-10-14-16;/h5-14H,3-4H2,1-2H3;1H/q+1;/p-1. The topological polar surface area (TPSA) is 0 Å². The number of benzene rings is 2. The fourth-order valence-electron chi connectivity index (χ4n) is 2.53. The second-order valence-corrected chi connectivity index (χ2v) is 4.27. The van der Waals surface area contributed by atoms with Crippen molar-refractivity contribution in [3.8, 4) is 0 Å². The van der Waals surface area contributed by atoms with E-state index in [4.69, 9.17) is 0 Å². The first-order chi connectivity index (χ1) is 8.33. The predicted molar refractivity (Wildman–Crippen MR) is 75.4 cm³/mol. The average molecular weight is 353 g/mol. The quantitative estimate of drug-likeness (QED) is 0.576. The van der Waals surface area contributed by atoms with Crippen LogP contribution in [0.25, 0.3) is 0 Å². The van der Waals surface area contributed by atoms with E-state index >= 15 is 0 Å². The fraction of sp³-hybridized carbons (Fsp3) is 0.250. The average Bonchev–Trinajstić information content (AvgIpc) is 2.43. The van der Waals surface area contributed by atoms with E-state index < -0.39 is 0 Å². The summed E-state index contributed by atoms with van der Waals surface area (Å²) in [5.74, 6) is 0. The largest absolute Gasteiger partial charge is 1.00 e. The van der Waals surface area contributed by atoms with Crippen molar-refractivity contribution in [2.75, 3.05) is 13.1 Å². The van der Waals surface area contributed by atoms with Crippen molar-refractivity contribution in [3.63, 3.8) is 0 Å². The molecule has 2 heteroatoms. The van der Waals surface area contributed by atoms with Crippen molar-refractivity contribution in [1.29, 1.82) is 0 Å². The van der Waals surface area contributed by atoms with E-state index in [1.807, 2.05) is 0 Å². The molecule has 1 nitrogen and oxygen atoms in total. The molecule has 2 aromatic rings. The van der Waals surface area contributed by atoms with Gasteiger partial charge in [-0.25, -0.2) is 0 Å². The highest BCUT2D eigenvalue weighted by Gasteiger charge is 2.28. The number of para-hydroxylation sites is 2. The zero-order chi connectivity index (χ0) is 12.1. The maximum absolute atomic E-state index is 2.25. The summed E-state index contributed by atoms with van der Waals surface area (Å²) in [4.78, 5) is 0. The molecule has 0 aliphatic rings. The van der Waals surface area contributed by atoms with E-state index in [0.29, 0.717) is 0 Å². The lowest BCUT2D eigenvalue weighted by atomic mass is 10.1. The van der Waals surface area contributed by atoms with Gasteiger partial charge in [-0.1, -0.05) is 36.4 Å². The zero-order valence-corrected chi connectivity index (χ0v) is 13.2. The van der Waals surface area contributed by atoms with E-state index in [2.05, 4.69) is 74.5 Å². The lowest BCUT2D eigenvalue weighted by Crippen LogP contribution is -3.00. The molecule has 2 rings (SSSR count). The number of halogens is 1. The number of hydrogen-bond acceptors (Lipinski definition) is 0. The van der Waals surface area contributed by atoms with Gasteiger partial charge >= 0.3 is 0 Å². The summed E-state index contributed by atoms with van der Waals surface area (Å²) < 4.78 is 0.918. The van der Waals surface area contributed by atoms with Gasteiger partial charge in [-0.05, 0) is 38.1 Å². The molecule has 0 saturated heterocycles. The van der Waals surface area contributed by atoms with Gasteiger partial charge in [0.2, 0.25) is 0 Å².